The summed E-state index contributed by atoms with van der Waals surface area (Å²) in [7, 11) is 0. The van der Waals surface area contributed by atoms with Crippen molar-refractivity contribution in [3.05, 3.63) is 87.1 Å². The first-order chi connectivity index (χ1) is 13.1. The first-order valence-corrected chi connectivity index (χ1v) is 8.81. The van der Waals surface area contributed by atoms with Crippen molar-refractivity contribution < 1.29 is 0 Å². The number of rotatable bonds is 3. The van der Waals surface area contributed by atoms with Crippen molar-refractivity contribution in [3.63, 3.8) is 0 Å². The summed E-state index contributed by atoms with van der Waals surface area (Å²) in [6.45, 7) is 2.19. The number of guanidine groups is 1. The van der Waals surface area contributed by atoms with Gasteiger partial charge in [0, 0.05) is 23.0 Å². The fourth-order valence-corrected chi connectivity index (χ4v) is 3.02. The molecule has 0 aliphatic carbocycles. The van der Waals surface area contributed by atoms with Crippen molar-refractivity contribution in [2.45, 2.75) is 19.6 Å². The second-order valence-corrected chi connectivity index (χ2v) is 6.58. The van der Waals surface area contributed by atoms with Crippen molar-refractivity contribution in [3.8, 4) is 0 Å². The van der Waals surface area contributed by atoms with Crippen molar-refractivity contribution in [1.82, 2.24) is 19.9 Å². The molecule has 27 heavy (non-hydrogen) atoms. The standard InChI is InChI=1S/C19H17ClN6O/c1-12-10-16(27)26-17(13-5-7-14(20)8-6-13)24-18(25-19(26)23-12)22-11-15-4-2-3-9-21-15/h2-10,17H,11H2,1H3,(H2,22,23,24,25)/t17-/m1/s1. The Morgan fingerprint density at radius 3 is 2.78 bits per heavy atom. The molecule has 2 aromatic heterocycles. The molecule has 0 unspecified atom stereocenters. The molecule has 0 saturated carbocycles. The number of benzene rings is 1. The lowest BCUT2D eigenvalue weighted by Gasteiger charge is -2.31. The van der Waals surface area contributed by atoms with Crippen molar-refractivity contribution in [2.75, 3.05) is 5.32 Å². The third-order valence-corrected chi connectivity index (χ3v) is 4.41. The topological polar surface area (TPSA) is 84.2 Å². The van der Waals surface area contributed by atoms with Gasteiger partial charge in [-0.1, -0.05) is 29.8 Å². The van der Waals surface area contributed by atoms with E-state index in [0.717, 1.165) is 11.3 Å². The highest BCUT2D eigenvalue weighted by Crippen LogP contribution is 2.23. The average molecular weight is 381 g/mol. The largest absolute Gasteiger partial charge is 0.331 e. The van der Waals surface area contributed by atoms with Gasteiger partial charge < -0.3 is 5.32 Å². The van der Waals surface area contributed by atoms with E-state index in [4.69, 9.17) is 11.6 Å². The van der Waals surface area contributed by atoms with Crippen LogP contribution in [-0.2, 0) is 6.54 Å². The minimum atomic E-state index is -0.443. The molecular formula is C19H17ClN6O. The van der Waals surface area contributed by atoms with Crippen LogP contribution >= 0.6 is 11.6 Å². The second-order valence-electron chi connectivity index (χ2n) is 6.14. The number of aromatic nitrogens is 3. The first-order valence-electron chi connectivity index (χ1n) is 8.44. The number of halogens is 1. The maximum Gasteiger partial charge on any atom is 0.257 e. The fourth-order valence-electron chi connectivity index (χ4n) is 2.89. The zero-order chi connectivity index (χ0) is 18.8. The minimum Gasteiger partial charge on any atom is -0.331 e. The molecule has 0 fully saturated rings. The minimum absolute atomic E-state index is 0.152. The van der Waals surface area contributed by atoms with E-state index in [1.807, 2.05) is 30.3 Å². The van der Waals surface area contributed by atoms with Crippen LogP contribution in [0, 0.1) is 6.92 Å². The lowest BCUT2D eigenvalue weighted by Crippen LogP contribution is -2.48. The molecule has 3 aromatic rings. The van der Waals surface area contributed by atoms with E-state index in [-0.39, 0.29) is 5.56 Å². The molecule has 0 bridgehead atoms. The molecule has 1 aromatic carbocycles. The molecular weight excluding hydrogens is 364 g/mol. The van der Waals surface area contributed by atoms with Gasteiger partial charge in [0.05, 0.1) is 12.2 Å². The Morgan fingerprint density at radius 2 is 2.04 bits per heavy atom. The molecule has 3 heterocycles. The smallest absolute Gasteiger partial charge is 0.257 e. The quantitative estimate of drug-likeness (QED) is 0.729. The number of nitrogens with zero attached hydrogens (tertiary/aromatic N) is 4. The van der Waals surface area contributed by atoms with Crippen LogP contribution in [0.25, 0.3) is 0 Å². The van der Waals surface area contributed by atoms with Crippen LogP contribution in [0.1, 0.15) is 23.1 Å². The Labute approximate surface area is 160 Å². The summed E-state index contributed by atoms with van der Waals surface area (Å²) in [5.74, 6) is 0.969. The van der Waals surface area contributed by atoms with Crippen LogP contribution < -0.4 is 16.2 Å². The normalized spacial score (nSPS) is 17.1. The molecule has 1 aliphatic rings. The van der Waals surface area contributed by atoms with E-state index in [1.165, 1.54) is 6.07 Å². The molecule has 0 amide bonds. The molecule has 136 valence electrons. The number of pyridine rings is 1. The van der Waals surface area contributed by atoms with Gasteiger partial charge >= 0.3 is 0 Å². The van der Waals surface area contributed by atoms with Gasteiger partial charge in [0.25, 0.3) is 5.56 Å². The Bertz CT molecular complexity index is 1050. The molecule has 0 spiro atoms. The molecule has 1 aliphatic heterocycles. The number of aryl methyl sites for hydroxylation is 1. The van der Waals surface area contributed by atoms with Gasteiger partial charge in [0.15, 0.2) is 5.96 Å². The zero-order valence-corrected chi connectivity index (χ0v) is 15.3. The first kappa shape index (κ1) is 17.2. The number of hydrogen-bond donors (Lipinski definition) is 2. The second kappa shape index (κ2) is 7.20. The SMILES string of the molecule is Cc1cc(=O)n2c(n1)NC(=NCc1ccccn1)N[C@H]2c1ccc(Cl)cc1. The molecule has 2 N–H and O–H groups in total. The molecule has 7 nitrogen and oxygen atoms in total. The summed E-state index contributed by atoms with van der Waals surface area (Å²) in [6.07, 6.45) is 1.29. The van der Waals surface area contributed by atoms with Crippen LogP contribution in [0.4, 0.5) is 5.95 Å². The lowest BCUT2D eigenvalue weighted by molar-refractivity contribution is 0.514. The van der Waals surface area contributed by atoms with Crippen LogP contribution in [-0.4, -0.2) is 20.5 Å². The number of aliphatic imine (C=N–C) groups is 1. The summed E-state index contributed by atoms with van der Waals surface area (Å²) in [6, 6.07) is 14.5. The monoisotopic (exact) mass is 380 g/mol. The highest BCUT2D eigenvalue weighted by molar-refractivity contribution is 6.30. The van der Waals surface area contributed by atoms with E-state index < -0.39 is 6.17 Å². The highest BCUT2D eigenvalue weighted by atomic mass is 35.5. The van der Waals surface area contributed by atoms with Gasteiger partial charge in [0.1, 0.15) is 6.17 Å². The van der Waals surface area contributed by atoms with Crippen molar-refractivity contribution in [1.29, 1.82) is 0 Å². The van der Waals surface area contributed by atoms with E-state index >= 15 is 0 Å². The predicted molar refractivity (Wildman–Crippen MR) is 105 cm³/mol. The Hall–Kier alpha value is -3.19. The lowest BCUT2D eigenvalue weighted by atomic mass is 10.1. The summed E-state index contributed by atoms with van der Waals surface area (Å²) in [5, 5.41) is 6.99. The van der Waals surface area contributed by atoms with Crippen LogP contribution in [0.15, 0.2) is 64.5 Å². The van der Waals surface area contributed by atoms with Crippen molar-refractivity contribution in [2.24, 2.45) is 4.99 Å². The summed E-state index contributed by atoms with van der Waals surface area (Å²) in [4.78, 5) is 25.9. The molecule has 1 atom stereocenters. The number of anilines is 1. The fraction of sp³-hybridized carbons (Fsp3) is 0.158. The predicted octanol–water partition coefficient (Wildman–Crippen LogP) is 2.72. The number of hydrogen-bond acceptors (Lipinski definition) is 4. The van der Waals surface area contributed by atoms with Crippen LogP contribution in [0.2, 0.25) is 5.02 Å². The van der Waals surface area contributed by atoms with Crippen LogP contribution in [0.5, 0.6) is 0 Å². The molecule has 8 heteroatoms. The molecule has 4 rings (SSSR count). The Balaban J connectivity index is 1.74. The third kappa shape index (κ3) is 3.68. The number of nitrogens with one attached hydrogen (secondary N) is 2. The summed E-state index contributed by atoms with van der Waals surface area (Å²) < 4.78 is 1.57. The summed E-state index contributed by atoms with van der Waals surface area (Å²) in [5.41, 5.74) is 2.21. The van der Waals surface area contributed by atoms with E-state index in [1.54, 1.807) is 29.8 Å². The number of fused-ring (bicyclic) bond motifs is 1. The van der Waals surface area contributed by atoms with Crippen LogP contribution in [0.3, 0.4) is 0 Å². The maximum absolute atomic E-state index is 12.6. The van der Waals surface area contributed by atoms with Gasteiger partial charge in [-0.25, -0.2) is 9.98 Å². The maximum atomic E-state index is 12.6. The van der Waals surface area contributed by atoms with Gasteiger partial charge in [-0.3, -0.25) is 19.7 Å². The molecule has 0 saturated heterocycles. The van der Waals surface area contributed by atoms with Crippen molar-refractivity contribution >= 4 is 23.5 Å². The van der Waals surface area contributed by atoms with Gasteiger partial charge in [0.2, 0.25) is 5.95 Å². The van der Waals surface area contributed by atoms with E-state index in [9.17, 15) is 4.79 Å². The average Bonchev–Trinajstić information content (AvgIpc) is 2.67. The van der Waals surface area contributed by atoms with Gasteiger partial charge in [-0.2, -0.15) is 0 Å². The van der Waals surface area contributed by atoms with Gasteiger partial charge in [-0.15, -0.1) is 0 Å². The van der Waals surface area contributed by atoms with E-state index in [2.05, 4.69) is 25.6 Å². The summed E-state index contributed by atoms with van der Waals surface area (Å²) >= 11 is 6.00. The third-order valence-electron chi connectivity index (χ3n) is 4.15. The van der Waals surface area contributed by atoms with Gasteiger partial charge in [-0.05, 0) is 36.8 Å². The highest BCUT2D eigenvalue weighted by Gasteiger charge is 2.26. The Kier molecular flexibility index (Phi) is 4.60. The van der Waals surface area contributed by atoms with E-state index in [0.29, 0.717) is 29.2 Å². The molecule has 0 radical (unpaired) electrons. The Morgan fingerprint density at radius 1 is 1.22 bits per heavy atom. The zero-order valence-electron chi connectivity index (χ0n) is 14.6.